The van der Waals surface area contributed by atoms with Crippen LogP contribution < -0.4 is 4.74 Å². The largest absolute Gasteiger partial charge is 0.450 e. The van der Waals surface area contributed by atoms with E-state index >= 15 is 0 Å². The Labute approximate surface area is 129 Å². The summed E-state index contributed by atoms with van der Waals surface area (Å²) >= 11 is 0. The van der Waals surface area contributed by atoms with Gasteiger partial charge in [0.15, 0.2) is 24.1 Å². The van der Waals surface area contributed by atoms with Gasteiger partial charge in [0.05, 0.1) is 18.8 Å². The molecule has 0 aliphatic heterocycles. The van der Waals surface area contributed by atoms with E-state index in [2.05, 4.69) is 22.6 Å². The van der Waals surface area contributed by atoms with Crippen molar-refractivity contribution in [2.24, 2.45) is 0 Å². The summed E-state index contributed by atoms with van der Waals surface area (Å²) in [5.41, 5.74) is -0.0430. The highest BCUT2D eigenvalue weighted by Crippen LogP contribution is 2.19. The number of esters is 2. The third-order valence-electron chi connectivity index (χ3n) is 2.31. The van der Waals surface area contributed by atoms with Gasteiger partial charge in [-0.05, 0) is 0 Å². The lowest BCUT2D eigenvalue weighted by Crippen LogP contribution is -2.21. The second-order valence-corrected chi connectivity index (χ2v) is 4.16. The minimum Gasteiger partial charge on any atom is -0.450 e. The van der Waals surface area contributed by atoms with Crippen molar-refractivity contribution < 1.29 is 37.0 Å². The van der Waals surface area contributed by atoms with Gasteiger partial charge in [-0.2, -0.15) is 0 Å². The first-order valence-electron chi connectivity index (χ1n) is 6.24. The van der Waals surface area contributed by atoms with Crippen LogP contribution in [0, 0.1) is 17.5 Å². The molecular formula is C15H13F3O5. The van der Waals surface area contributed by atoms with Gasteiger partial charge in [0.1, 0.15) is 5.75 Å². The molecule has 1 rings (SSSR count). The maximum Gasteiger partial charge on any atom is 0.349 e. The van der Waals surface area contributed by atoms with Crippen molar-refractivity contribution in [1.29, 1.82) is 0 Å². The average molecular weight is 330 g/mol. The van der Waals surface area contributed by atoms with Gasteiger partial charge in [-0.1, -0.05) is 12.7 Å². The summed E-state index contributed by atoms with van der Waals surface area (Å²) in [6.07, 6.45) is 1.47. The van der Waals surface area contributed by atoms with E-state index in [-0.39, 0.29) is 18.8 Å². The first-order valence-corrected chi connectivity index (χ1v) is 6.24. The summed E-state index contributed by atoms with van der Waals surface area (Å²) in [5, 5.41) is 0. The number of carbonyl (C=O) groups excluding carboxylic acids is 2. The summed E-state index contributed by atoms with van der Waals surface area (Å²) in [6.45, 7) is 6.07. The van der Waals surface area contributed by atoms with Gasteiger partial charge < -0.3 is 14.2 Å². The van der Waals surface area contributed by atoms with Crippen molar-refractivity contribution in [1.82, 2.24) is 0 Å². The summed E-state index contributed by atoms with van der Waals surface area (Å²) in [4.78, 5) is 22.8. The van der Waals surface area contributed by atoms with Gasteiger partial charge in [-0.25, -0.2) is 22.8 Å². The van der Waals surface area contributed by atoms with E-state index in [1.54, 1.807) is 0 Å². The molecule has 0 spiro atoms. The minimum atomic E-state index is -1.69. The molecule has 1 aromatic carbocycles. The number of rotatable bonds is 8. The molecule has 1 aromatic rings. The highest BCUT2D eigenvalue weighted by Gasteiger charge is 2.16. The van der Waals surface area contributed by atoms with Crippen molar-refractivity contribution in [3.8, 4) is 5.75 Å². The standard InChI is InChI=1S/C15H13F3O5/c1-3-4-21-7-9(2)15(20)22-8-13(19)23-10-5-11(16)14(18)12(17)6-10/h3,5-6H,1-2,4,7-8H2. The molecule has 0 radical (unpaired) electrons. The Kier molecular flexibility index (Phi) is 7.01. The van der Waals surface area contributed by atoms with Crippen LogP contribution in [0.4, 0.5) is 13.2 Å². The third kappa shape index (κ3) is 5.95. The van der Waals surface area contributed by atoms with Crippen molar-refractivity contribution in [3.63, 3.8) is 0 Å². The lowest BCUT2D eigenvalue weighted by Gasteiger charge is -2.08. The second-order valence-electron chi connectivity index (χ2n) is 4.16. The summed E-state index contributed by atoms with van der Waals surface area (Å²) < 4.78 is 52.6. The fourth-order valence-corrected chi connectivity index (χ4v) is 1.30. The maximum atomic E-state index is 12.9. The number of hydrogen-bond donors (Lipinski definition) is 0. The lowest BCUT2D eigenvalue weighted by atomic mass is 10.3. The predicted molar refractivity (Wildman–Crippen MR) is 73.1 cm³/mol. The Hall–Kier alpha value is -2.61. The fourth-order valence-electron chi connectivity index (χ4n) is 1.30. The van der Waals surface area contributed by atoms with E-state index in [9.17, 15) is 22.8 Å². The van der Waals surface area contributed by atoms with Crippen LogP contribution in [0.3, 0.4) is 0 Å². The van der Waals surface area contributed by atoms with E-state index < -0.39 is 41.7 Å². The molecule has 0 unspecified atom stereocenters. The monoisotopic (exact) mass is 330 g/mol. The maximum absolute atomic E-state index is 12.9. The summed E-state index contributed by atoms with van der Waals surface area (Å²) in [6, 6.07) is 0.973. The van der Waals surface area contributed by atoms with Crippen molar-refractivity contribution in [3.05, 3.63) is 54.4 Å². The topological polar surface area (TPSA) is 61.8 Å². The van der Waals surface area contributed by atoms with Crippen LogP contribution in [0.5, 0.6) is 5.75 Å². The molecule has 0 amide bonds. The molecule has 8 heteroatoms. The van der Waals surface area contributed by atoms with Gasteiger partial charge in [0.25, 0.3) is 0 Å². The molecule has 0 saturated heterocycles. The second kappa shape index (κ2) is 8.74. The number of hydrogen-bond acceptors (Lipinski definition) is 5. The minimum absolute atomic E-state index is 0.0430. The third-order valence-corrected chi connectivity index (χ3v) is 2.31. The zero-order valence-electron chi connectivity index (χ0n) is 11.9. The molecule has 0 aliphatic carbocycles. The molecule has 0 atom stereocenters. The fraction of sp³-hybridized carbons (Fsp3) is 0.200. The smallest absolute Gasteiger partial charge is 0.349 e. The molecule has 0 aromatic heterocycles. The van der Waals surface area contributed by atoms with Gasteiger partial charge >= 0.3 is 11.9 Å². The van der Waals surface area contributed by atoms with Gasteiger partial charge in [-0.15, -0.1) is 6.58 Å². The van der Waals surface area contributed by atoms with E-state index in [1.165, 1.54) is 6.08 Å². The molecule has 0 bridgehead atoms. The Balaban J connectivity index is 2.47. The summed E-state index contributed by atoms with van der Waals surface area (Å²) in [7, 11) is 0. The van der Waals surface area contributed by atoms with Crippen LogP contribution in [0.2, 0.25) is 0 Å². The quantitative estimate of drug-likeness (QED) is 0.183. The SMILES string of the molecule is C=CCOCC(=C)C(=O)OCC(=O)Oc1cc(F)c(F)c(F)c1. The van der Waals surface area contributed by atoms with Crippen LogP contribution in [0.1, 0.15) is 0 Å². The molecule has 5 nitrogen and oxygen atoms in total. The predicted octanol–water partition coefficient (Wildman–Crippen LogP) is 2.31. The van der Waals surface area contributed by atoms with Crippen molar-refractivity contribution in [2.75, 3.05) is 19.8 Å². The molecule has 0 aliphatic rings. The number of benzene rings is 1. The van der Waals surface area contributed by atoms with E-state index in [4.69, 9.17) is 4.74 Å². The lowest BCUT2D eigenvalue weighted by molar-refractivity contribution is -0.151. The van der Waals surface area contributed by atoms with Crippen LogP contribution in [-0.2, 0) is 19.1 Å². The molecule has 23 heavy (non-hydrogen) atoms. The zero-order valence-corrected chi connectivity index (χ0v) is 11.9. The van der Waals surface area contributed by atoms with Crippen LogP contribution >= 0.6 is 0 Å². The first-order chi connectivity index (χ1) is 10.8. The molecule has 0 saturated carbocycles. The van der Waals surface area contributed by atoms with E-state index in [0.717, 1.165) is 0 Å². The number of carbonyl (C=O) groups is 2. The number of halogens is 3. The highest BCUT2D eigenvalue weighted by atomic mass is 19.2. The molecule has 0 heterocycles. The first kappa shape index (κ1) is 18.4. The number of ether oxygens (including phenoxy) is 3. The Morgan fingerprint density at radius 3 is 2.30 bits per heavy atom. The summed E-state index contributed by atoms with van der Waals surface area (Å²) in [5.74, 6) is -7.29. The average Bonchev–Trinajstić information content (AvgIpc) is 2.50. The van der Waals surface area contributed by atoms with Crippen LogP contribution in [0.15, 0.2) is 36.9 Å². The molecular weight excluding hydrogens is 317 g/mol. The van der Waals surface area contributed by atoms with E-state index in [1.807, 2.05) is 0 Å². The van der Waals surface area contributed by atoms with Crippen molar-refractivity contribution in [2.45, 2.75) is 0 Å². The van der Waals surface area contributed by atoms with Gasteiger partial charge in [0, 0.05) is 12.1 Å². The van der Waals surface area contributed by atoms with Gasteiger partial charge in [0.2, 0.25) is 0 Å². The molecule has 124 valence electrons. The van der Waals surface area contributed by atoms with Crippen LogP contribution in [-0.4, -0.2) is 31.8 Å². The van der Waals surface area contributed by atoms with Crippen molar-refractivity contribution >= 4 is 11.9 Å². The molecule has 0 N–H and O–H groups in total. The molecule has 0 fully saturated rings. The highest BCUT2D eigenvalue weighted by molar-refractivity contribution is 5.89. The Morgan fingerprint density at radius 1 is 1.13 bits per heavy atom. The zero-order chi connectivity index (χ0) is 17.4. The van der Waals surface area contributed by atoms with E-state index in [0.29, 0.717) is 12.1 Å². The normalized spacial score (nSPS) is 10.0. The van der Waals surface area contributed by atoms with Crippen LogP contribution in [0.25, 0.3) is 0 Å². The van der Waals surface area contributed by atoms with Gasteiger partial charge in [-0.3, -0.25) is 0 Å². The Morgan fingerprint density at radius 2 is 1.74 bits per heavy atom. The Bertz CT molecular complexity index is 605.